The summed E-state index contributed by atoms with van der Waals surface area (Å²) in [6, 6.07) is 0. The smallest absolute Gasteiger partial charge is 0.245 e. The third-order valence-corrected chi connectivity index (χ3v) is 1.67. The number of ether oxygens (including phenoxy) is 1. The molecule has 3 heteroatoms. The van der Waals surface area contributed by atoms with Crippen LogP contribution in [0.25, 0.3) is 0 Å². The van der Waals surface area contributed by atoms with Crippen molar-refractivity contribution in [1.29, 1.82) is 0 Å². The highest BCUT2D eigenvalue weighted by Gasteiger charge is 2.00. The monoisotopic (exact) mass is 169 g/mol. The molecule has 1 aromatic heterocycles. The van der Waals surface area contributed by atoms with Crippen molar-refractivity contribution in [2.45, 2.75) is 33.5 Å². The molecule has 1 rings (SSSR count). The van der Waals surface area contributed by atoms with Crippen molar-refractivity contribution in [2.75, 3.05) is 6.61 Å². The lowest BCUT2D eigenvalue weighted by Gasteiger charge is -1.94. The summed E-state index contributed by atoms with van der Waals surface area (Å²) in [5.41, 5.74) is 0. The van der Waals surface area contributed by atoms with Gasteiger partial charge in [-0.15, -0.1) is 0 Å². The summed E-state index contributed by atoms with van der Waals surface area (Å²) in [5.74, 6) is 0. The van der Waals surface area contributed by atoms with Gasteiger partial charge in [0.25, 0.3) is 0 Å². The summed E-state index contributed by atoms with van der Waals surface area (Å²) >= 11 is 0. The van der Waals surface area contributed by atoms with Crippen LogP contribution >= 0.6 is 0 Å². The second kappa shape index (κ2) is 4.93. The van der Waals surface area contributed by atoms with Crippen LogP contribution in [-0.2, 0) is 18.0 Å². The van der Waals surface area contributed by atoms with Crippen LogP contribution < -0.4 is 4.57 Å². The van der Waals surface area contributed by atoms with Crippen LogP contribution in [0.2, 0.25) is 0 Å². The molecule has 0 radical (unpaired) electrons. The minimum Gasteiger partial charge on any atom is -0.342 e. The van der Waals surface area contributed by atoms with Gasteiger partial charge in [-0.1, -0.05) is 6.92 Å². The number of aryl methyl sites for hydroxylation is 1. The molecule has 0 fully saturated rings. The number of imidazole rings is 1. The minimum absolute atomic E-state index is 0.660. The molecule has 1 aromatic rings. The molecule has 12 heavy (non-hydrogen) atoms. The molecule has 1 heterocycles. The highest BCUT2D eigenvalue weighted by atomic mass is 16.5. The van der Waals surface area contributed by atoms with Crippen LogP contribution in [0, 0.1) is 0 Å². The Bertz CT molecular complexity index is 220. The van der Waals surface area contributed by atoms with Crippen molar-refractivity contribution in [3.05, 3.63) is 18.7 Å². The number of nitrogens with zero attached hydrogens (tertiary/aromatic N) is 2. The molecule has 0 aliphatic carbocycles. The van der Waals surface area contributed by atoms with Crippen molar-refractivity contribution < 1.29 is 9.30 Å². The van der Waals surface area contributed by atoms with Crippen molar-refractivity contribution in [2.24, 2.45) is 0 Å². The molecule has 0 atom stereocenters. The Labute approximate surface area is 73.6 Å². The zero-order chi connectivity index (χ0) is 8.81. The van der Waals surface area contributed by atoms with E-state index in [4.69, 9.17) is 4.74 Å². The van der Waals surface area contributed by atoms with Crippen molar-refractivity contribution in [3.8, 4) is 0 Å². The summed E-state index contributed by atoms with van der Waals surface area (Å²) in [6.45, 7) is 6.69. The van der Waals surface area contributed by atoms with Gasteiger partial charge in [0, 0.05) is 6.61 Å². The average Bonchev–Trinajstić information content (AvgIpc) is 2.50. The van der Waals surface area contributed by atoms with Crippen molar-refractivity contribution in [3.63, 3.8) is 0 Å². The first-order chi connectivity index (χ1) is 5.86. The van der Waals surface area contributed by atoms with Crippen LogP contribution in [0.1, 0.15) is 20.3 Å². The Balaban J connectivity index is 2.41. The largest absolute Gasteiger partial charge is 0.342 e. The molecule has 0 aliphatic heterocycles. The van der Waals surface area contributed by atoms with Gasteiger partial charge in [0.2, 0.25) is 6.33 Å². The van der Waals surface area contributed by atoms with E-state index in [1.807, 2.05) is 17.7 Å². The second-order valence-corrected chi connectivity index (χ2v) is 2.79. The molecule has 0 amide bonds. The van der Waals surface area contributed by atoms with Crippen molar-refractivity contribution in [1.82, 2.24) is 4.57 Å². The van der Waals surface area contributed by atoms with E-state index in [0.717, 1.165) is 13.2 Å². The van der Waals surface area contributed by atoms with Crippen LogP contribution in [0.3, 0.4) is 0 Å². The summed E-state index contributed by atoms with van der Waals surface area (Å²) in [4.78, 5) is 0. The third kappa shape index (κ3) is 2.66. The molecule has 0 spiro atoms. The van der Waals surface area contributed by atoms with E-state index < -0.39 is 0 Å². The molecule has 0 aliphatic rings. The molecular weight excluding hydrogens is 152 g/mol. The first kappa shape index (κ1) is 9.26. The van der Waals surface area contributed by atoms with Gasteiger partial charge in [-0.25, -0.2) is 9.13 Å². The fourth-order valence-electron chi connectivity index (χ4n) is 1.10. The van der Waals surface area contributed by atoms with E-state index in [1.165, 1.54) is 6.42 Å². The fraction of sp³-hybridized carbons (Fsp3) is 0.667. The lowest BCUT2D eigenvalue weighted by atomic mass is 10.5. The van der Waals surface area contributed by atoms with E-state index in [0.29, 0.717) is 6.73 Å². The van der Waals surface area contributed by atoms with Gasteiger partial charge in [0.1, 0.15) is 12.4 Å². The first-order valence-corrected chi connectivity index (χ1v) is 4.49. The zero-order valence-corrected chi connectivity index (χ0v) is 7.86. The SMILES string of the molecule is CCCn1cc[n+](COCC)c1. The topological polar surface area (TPSA) is 18.0 Å². The summed E-state index contributed by atoms with van der Waals surface area (Å²) in [5, 5.41) is 0. The molecule has 0 bridgehead atoms. The van der Waals surface area contributed by atoms with E-state index in [-0.39, 0.29) is 0 Å². The van der Waals surface area contributed by atoms with Crippen LogP contribution in [0.5, 0.6) is 0 Å². The number of aromatic nitrogens is 2. The Hall–Kier alpha value is -0.830. The van der Waals surface area contributed by atoms with Gasteiger partial charge >= 0.3 is 0 Å². The van der Waals surface area contributed by atoms with Crippen LogP contribution in [-0.4, -0.2) is 11.2 Å². The van der Waals surface area contributed by atoms with Gasteiger partial charge in [-0.3, -0.25) is 0 Å². The minimum atomic E-state index is 0.660. The summed E-state index contributed by atoms with van der Waals surface area (Å²) in [7, 11) is 0. The predicted octanol–water partition coefficient (Wildman–Crippen LogP) is 1.18. The number of hydrogen-bond acceptors (Lipinski definition) is 1. The molecule has 0 saturated carbocycles. The van der Waals surface area contributed by atoms with Crippen LogP contribution in [0.4, 0.5) is 0 Å². The predicted molar refractivity (Wildman–Crippen MR) is 46.5 cm³/mol. The maximum Gasteiger partial charge on any atom is 0.245 e. The first-order valence-electron chi connectivity index (χ1n) is 4.49. The number of rotatable bonds is 5. The van der Waals surface area contributed by atoms with Gasteiger partial charge in [-0.05, 0) is 13.3 Å². The third-order valence-electron chi connectivity index (χ3n) is 1.67. The maximum atomic E-state index is 5.26. The second-order valence-electron chi connectivity index (χ2n) is 2.79. The van der Waals surface area contributed by atoms with Gasteiger partial charge in [-0.2, -0.15) is 0 Å². The lowest BCUT2D eigenvalue weighted by Crippen LogP contribution is -2.32. The Morgan fingerprint density at radius 1 is 1.42 bits per heavy atom. The normalized spacial score (nSPS) is 10.5. The van der Waals surface area contributed by atoms with Gasteiger partial charge in [0.15, 0.2) is 6.73 Å². The molecule has 68 valence electrons. The Morgan fingerprint density at radius 2 is 2.25 bits per heavy atom. The average molecular weight is 169 g/mol. The highest BCUT2D eigenvalue weighted by Crippen LogP contribution is 1.87. The maximum absolute atomic E-state index is 5.26. The van der Waals surface area contributed by atoms with E-state index >= 15 is 0 Å². The molecule has 0 saturated heterocycles. The zero-order valence-electron chi connectivity index (χ0n) is 7.86. The van der Waals surface area contributed by atoms with E-state index in [1.54, 1.807) is 0 Å². The summed E-state index contributed by atoms with van der Waals surface area (Å²) in [6.07, 6.45) is 7.34. The molecular formula is C9H17N2O+. The van der Waals surface area contributed by atoms with Gasteiger partial charge in [0.05, 0.1) is 6.54 Å². The van der Waals surface area contributed by atoms with Gasteiger partial charge < -0.3 is 4.74 Å². The number of hydrogen-bond donors (Lipinski definition) is 0. The molecule has 3 nitrogen and oxygen atoms in total. The van der Waals surface area contributed by atoms with Crippen molar-refractivity contribution >= 4 is 0 Å². The Morgan fingerprint density at radius 3 is 2.92 bits per heavy atom. The molecule has 0 N–H and O–H groups in total. The highest BCUT2D eigenvalue weighted by molar-refractivity contribution is 4.64. The molecule has 0 aromatic carbocycles. The quantitative estimate of drug-likeness (QED) is 0.605. The Kier molecular flexibility index (Phi) is 3.80. The standard InChI is InChI=1S/C9H17N2O/c1-3-5-10-6-7-11(8-10)9-12-4-2/h6-8H,3-5,9H2,1-2H3/q+1. The molecule has 0 unspecified atom stereocenters. The fourth-order valence-corrected chi connectivity index (χ4v) is 1.10. The van der Waals surface area contributed by atoms with E-state index in [9.17, 15) is 0 Å². The van der Waals surface area contributed by atoms with E-state index in [2.05, 4.69) is 24.0 Å². The summed E-state index contributed by atoms with van der Waals surface area (Å²) < 4.78 is 9.47. The van der Waals surface area contributed by atoms with Crippen LogP contribution in [0.15, 0.2) is 18.7 Å². The lowest BCUT2D eigenvalue weighted by molar-refractivity contribution is -0.732.